The molecule has 0 amide bonds. The van der Waals surface area contributed by atoms with E-state index in [0.717, 1.165) is 0 Å². The van der Waals surface area contributed by atoms with Crippen molar-refractivity contribution in [1.29, 1.82) is 0 Å². The molecule has 0 bridgehead atoms. The van der Waals surface area contributed by atoms with Gasteiger partial charge in [0.15, 0.2) is 11.9 Å². The Morgan fingerprint density at radius 1 is 1.25 bits per heavy atom. The SMILES string of the molecule is COCO[C@H]1C=C(CO)C(=O)[C@@H]1OCOC. The first-order valence-corrected chi connectivity index (χ1v) is 4.81. The van der Waals surface area contributed by atoms with E-state index < -0.39 is 12.2 Å². The molecule has 0 heterocycles. The van der Waals surface area contributed by atoms with Crippen LogP contribution in [-0.2, 0) is 23.7 Å². The predicted octanol–water partition coefficient (Wildman–Crippen LogP) is -0.534. The van der Waals surface area contributed by atoms with Gasteiger partial charge in [-0.2, -0.15) is 0 Å². The van der Waals surface area contributed by atoms with Gasteiger partial charge in [0.2, 0.25) is 0 Å². The van der Waals surface area contributed by atoms with Crippen LogP contribution in [0.5, 0.6) is 0 Å². The Morgan fingerprint density at radius 2 is 1.88 bits per heavy atom. The highest BCUT2D eigenvalue weighted by atomic mass is 16.7. The quantitative estimate of drug-likeness (QED) is 0.594. The lowest BCUT2D eigenvalue weighted by molar-refractivity contribution is -0.156. The average molecular weight is 232 g/mol. The van der Waals surface area contributed by atoms with Crippen LogP contribution >= 0.6 is 0 Å². The molecule has 0 spiro atoms. The number of rotatable bonds is 7. The van der Waals surface area contributed by atoms with Crippen LogP contribution in [0.1, 0.15) is 0 Å². The number of methoxy groups -OCH3 is 2. The maximum absolute atomic E-state index is 11.7. The van der Waals surface area contributed by atoms with Gasteiger partial charge in [0, 0.05) is 19.8 Å². The van der Waals surface area contributed by atoms with E-state index >= 15 is 0 Å². The van der Waals surface area contributed by atoms with Crippen molar-refractivity contribution in [3.63, 3.8) is 0 Å². The first-order valence-electron chi connectivity index (χ1n) is 4.81. The lowest BCUT2D eigenvalue weighted by atomic mass is 10.2. The predicted molar refractivity (Wildman–Crippen MR) is 53.7 cm³/mol. The molecule has 92 valence electrons. The van der Waals surface area contributed by atoms with Gasteiger partial charge in [0.05, 0.1) is 6.61 Å². The molecule has 0 radical (unpaired) electrons. The van der Waals surface area contributed by atoms with Gasteiger partial charge in [0.25, 0.3) is 0 Å². The summed E-state index contributed by atoms with van der Waals surface area (Å²) < 4.78 is 19.9. The van der Waals surface area contributed by atoms with E-state index in [0.29, 0.717) is 5.57 Å². The molecular formula is C10H16O6. The number of carbonyl (C=O) groups is 1. The molecule has 0 aromatic heterocycles. The first-order chi connectivity index (χ1) is 7.74. The number of hydrogen-bond acceptors (Lipinski definition) is 6. The molecule has 0 saturated heterocycles. The third-order valence-electron chi connectivity index (χ3n) is 2.15. The van der Waals surface area contributed by atoms with Gasteiger partial charge < -0.3 is 24.1 Å². The molecule has 0 aromatic carbocycles. The van der Waals surface area contributed by atoms with Crippen molar-refractivity contribution in [2.45, 2.75) is 12.2 Å². The number of ether oxygens (including phenoxy) is 4. The van der Waals surface area contributed by atoms with Gasteiger partial charge in [-0.25, -0.2) is 0 Å². The number of carbonyl (C=O) groups excluding carboxylic acids is 1. The summed E-state index contributed by atoms with van der Waals surface area (Å²) in [5, 5.41) is 8.96. The number of aliphatic hydroxyl groups is 1. The zero-order chi connectivity index (χ0) is 12.0. The van der Waals surface area contributed by atoms with E-state index in [1.165, 1.54) is 14.2 Å². The molecule has 1 aliphatic carbocycles. The largest absolute Gasteiger partial charge is 0.392 e. The fourth-order valence-corrected chi connectivity index (χ4v) is 1.42. The zero-order valence-corrected chi connectivity index (χ0v) is 9.34. The van der Waals surface area contributed by atoms with Crippen molar-refractivity contribution in [2.75, 3.05) is 34.4 Å². The maximum Gasteiger partial charge on any atom is 0.192 e. The van der Waals surface area contributed by atoms with E-state index in [9.17, 15) is 4.79 Å². The van der Waals surface area contributed by atoms with Crippen molar-refractivity contribution in [3.05, 3.63) is 11.6 Å². The molecule has 6 nitrogen and oxygen atoms in total. The van der Waals surface area contributed by atoms with Crippen LogP contribution in [0.4, 0.5) is 0 Å². The number of ketones is 1. The van der Waals surface area contributed by atoms with Gasteiger partial charge in [-0.3, -0.25) is 4.79 Å². The summed E-state index contributed by atoms with van der Waals surface area (Å²) in [4.78, 5) is 11.7. The molecule has 1 N–H and O–H groups in total. The van der Waals surface area contributed by atoms with Crippen LogP contribution in [0.2, 0.25) is 0 Å². The van der Waals surface area contributed by atoms with Crippen molar-refractivity contribution in [3.8, 4) is 0 Å². The van der Waals surface area contributed by atoms with Crippen LogP contribution in [0.25, 0.3) is 0 Å². The summed E-state index contributed by atoms with van der Waals surface area (Å²) in [6.07, 6.45) is 0.240. The Kier molecular flexibility index (Phi) is 5.58. The third kappa shape index (κ3) is 3.10. The minimum Gasteiger partial charge on any atom is -0.392 e. The topological polar surface area (TPSA) is 74.2 Å². The maximum atomic E-state index is 11.7. The van der Waals surface area contributed by atoms with Gasteiger partial charge in [-0.1, -0.05) is 0 Å². The van der Waals surface area contributed by atoms with Crippen molar-refractivity contribution >= 4 is 5.78 Å². The normalized spacial score (nSPS) is 24.9. The minimum absolute atomic E-state index is 0.00417. The van der Waals surface area contributed by atoms with Crippen LogP contribution < -0.4 is 0 Å². The fraction of sp³-hybridized carbons (Fsp3) is 0.700. The summed E-state index contributed by atoms with van der Waals surface area (Å²) in [7, 11) is 2.95. The molecule has 2 atom stereocenters. The molecule has 1 rings (SSSR count). The summed E-state index contributed by atoms with van der Waals surface area (Å²) in [5.41, 5.74) is 0.294. The molecule has 0 aromatic rings. The summed E-state index contributed by atoms with van der Waals surface area (Å²) in [5.74, 6) is -0.277. The Labute approximate surface area is 93.7 Å². The molecule has 6 heteroatoms. The summed E-state index contributed by atoms with van der Waals surface area (Å²) in [6.45, 7) is -0.270. The second kappa shape index (κ2) is 6.72. The molecule has 0 saturated carbocycles. The Balaban J connectivity index is 2.60. The van der Waals surface area contributed by atoms with Crippen LogP contribution in [0.3, 0.4) is 0 Å². The highest BCUT2D eigenvalue weighted by molar-refractivity contribution is 6.02. The van der Waals surface area contributed by atoms with E-state index in [2.05, 4.69) is 0 Å². The van der Waals surface area contributed by atoms with Crippen molar-refractivity contribution in [2.24, 2.45) is 0 Å². The molecule has 16 heavy (non-hydrogen) atoms. The molecule has 0 unspecified atom stereocenters. The standard InChI is InChI=1S/C10H16O6/c1-13-5-15-8-3-7(4-11)9(12)10(8)16-6-14-2/h3,8,10-11H,4-6H2,1-2H3/t8-,10+/m0/s1. The lowest BCUT2D eigenvalue weighted by Crippen LogP contribution is -2.34. The number of aliphatic hydroxyl groups excluding tert-OH is 1. The van der Waals surface area contributed by atoms with E-state index in [4.69, 9.17) is 24.1 Å². The Morgan fingerprint density at radius 3 is 2.44 bits per heavy atom. The molecule has 1 aliphatic rings. The average Bonchev–Trinajstić information content (AvgIpc) is 2.60. The summed E-state index contributed by atoms with van der Waals surface area (Å²) >= 11 is 0. The second-order valence-electron chi connectivity index (χ2n) is 3.25. The minimum atomic E-state index is -0.766. The van der Waals surface area contributed by atoms with Gasteiger partial charge in [-0.05, 0) is 6.08 Å². The fourth-order valence-electron chi connectivity index (χ4n) is 1.42. The van der Waals surface area contributed by atoms with Crippen LogP contribution in [-0.4, -0.2) is 57.5 Å². The third-order valence-corrected chi connectivity index (χ3v) is 2.15. The highest BCUT2D eigenvalue weighted by Crippen LogP contribution is 2.21. The van der Waals surface area contributed by atoms with Crippen LogP contribution in [0, 0.1) is 0 Å². The van der Waals surface area contributed by atoms with Gasteiger partial charge in [-0.15, -0.1) is 0 Å². The van der Waals surface area contributed by atoms with E-state index in [1.807, 2.05) is 0 Å². The van der Waals surface area contributed by atoms with Crippen molar-refractivity contribution in [1.82, 2.24) is 0 Å². The molecular weight excluding hydrogens is 216 g/mol. The smallest absolute Gasteiger partial charge is 0.192 e. The van der Waals surface area contributed by atoms with E-state index in [-0.39, 0.29) is 26.0 Å². The lowest BCUT2D eigenvalue weighted by Gasteiger charge is -2.18. The molecule has 0 aliphatic heterocycles. The Hall–Kier alpha value is -0.790. The Bertz CT molecular complexity index is 262. The summed E-state index contributed by atoms with van der Waals surface area (Å²) in [6, 6.07) is 0. The molecule has 0 fully saturated rings. The monoisotopic (exact) mass is 232 g/mol. The van der Waals surface area contributed by atoms with Gasteiger partial charge >= 0.3 is 0 Å². The zero-order valence-electron chi connectivity index (χ0n) is 9.34. The van der Waals surface area contributed by atoms with Crippen molar-refractivity contribution < 1.29 is 28.8 Å². The highest BCUT2D eigenvalue weighted by Gasteiger charge is 2.37. The van der Waals surface area contributed by atoms with Gasteiger partial charge in [0.1, 0.15) is 19.7 Å². The number of Topliss-reactive ketones (excluding diaryl/α,β-unsaturated/α-hetero) is 1. The van der Waals surface area contributed by atoms with Crippen LogP contribution in [0.15, 0.2) is 11.6 Å². The second-order valence-corrected chi connectivity index (χ2v) is 3.25. The van der Waals surface area contributed by atoms with E-state index in [1.54, 1.807) is 6.08 Å². The number of hydrogen-bond donors (Lipinski definition) is 1. The first kappa shape index (κ1) is 13.3.